The molecule has 1 aliphatic rings. The van der Waals surface area contributed by atoms with E-state index in [-0.39, 0.29) is 38.3 Å². The molecule has 0 saturated carbocycles. The molecule has 1 aromatic heterocycles. The zero-order chi connectivity index (χ0) is 38.4. The molecule has 1 unspecified atom stereocenters. The normalized spacial score (nSPS) is 14.7. The largest absolute Gasteiger partial charge is 0.459 e. The van der Waals surface area contributed by atoms with Crippen LogP contribution in [0.15, 0.2) is 97.2 Å². The van der Waals surface area contributed by atoms with E-state index in [1.807, 2.05) is 86.8 Å². The lowest BCUT2D eigenvalue weighted by atomic mass is 9.94. The van der Waals surface area contributed by atoms with E-state index in [9.17, 15) is 23.7 Å². The lowest BCUT2D eigenvalue weighted by Crippen LogP contribution is -2.54. The van der Waals surface area contributed by atoms with Gasteiger partial charge in [0.25, 0.3) is 11.8 Å². The van der Waals surface area contributed by atoms with Crippen molar-refractivity contribution in [1.29, 1.82) is 0 Å². The van der Waals surface area contributed by atoms with E-state index in [1.54, 1.807) is 24.3 Å². The van der Waals surface area contributed by atoms with Gasteiger partial charge in [-0.15, -0.1) is 0 Å². The summed E-state index contributed by atoms with van der Waals surface area (Å²) in [4.78, 5) is 59.7. The number of hydrogen-bond donors (Lipinski definition) is 3. The fourth-order valence-corrected chi connectivity index (χ4v) is 8.42. The summed E-state index contributed by atoms with van der Waals surface area (Å²) >= 11 is 0. The van der Waals surface area contributed by atoms with Gasteiger partial charge in [0.1, 0.15) is 18.4 Å². The molecule has 0 bridgehead atoms. The first-order chi connectivity index (χ1) is 26.0. The van der Waals surface area contributed by atoms with Crippen molar-refractivity contribution < 1.29 is 37.5 Å². The van der Waals surface area contributed by atoms with Crippen LogP contribution in [0.3, 0.4) is 0 Å². The second-order valence-electron chi connectivity index (χ2n) is 13.7. The Balaban J connectivity index is 1.24. The van der Waals surface area contributed by atoms with Gasteiger partial charge in [-0.3, -0.25) is 29.2 Å². The van der Waals surface area contributed by atoms with Crippen LogP contribution < -0.4 is 10.6 Å². The highest BCUT2D eigenvalue weighted by Gasteiger charge is 2.40. The standard InChI is InChI=1S/C41H45N4O8P/c1-26(2)22-34(38(46)44-35(41(49)53-25-27-12-6-5-7-13-27)23-29-24-42-33-19-9-8-16-30(29)33)43-36(54(50,51-3)52-4)20-21-45-39(47)31-17-10-14-28-15-11-18-32(37(28)31)40(45)48/h5-19,24,26,34-36,42-43H,20-23,25H2,1-4H3,(H,44,46)/t34-,35-,36?/m0/s1. The molecule has 282 valence electrons. The smallest absolute Gasteiger partial charge is 0.346 e. The Hall–Kier alpha value is -5.13. The number of carbonyl (C=O) groups is 4. The Bertz CT molecular complexity index is 2140. The second-order valence-corrected chi connectivity index (χ2v) is 16.2. The molecule has 5 aromatic rings. The molecule has 6 rings (SSSR count). The zero-order valence-electron chi connectivity index (χ0n) is 30.7. The number of hydrogen-bond acceptors (Lipinski definition) is 9. The maximum Gasteiger partial charge on any atom is 0.346 e. The first-order valence-corrected chi connectivity index (χ1v) is 19.5. The molecular formula is C41H45N4O8P. The number of aromatic amines is 1. The van der Waals surface area contributed by atoms with Crippen molar-refractivity contribution in [1.82, 2.24) is 20.5 Å². The van der Waals surface area contributed by atoms with Crippen LogP contribution in [0.1, 0.15) is 58.5 Å². The molecule has 3 amide bonds. The summed E-state index contributed by atoms with van der Waals surface area (Å²) in [6.45, 7) is 3.75. The number of amides is 3. The van der Waals surface area contributed by atoms with Crippen LogP contribution in [-0.2, 0) is 41.0 Å². The quantitative estimate of drug-likeness (QED) is 0.0542. The van der Waals surface area contributed by atoms with Crippen molar-refractivity contribution in [2.24, 2.45) is 5.92 Å². The van der Waals surface area contributed by atoms with E-state index in [1.165, 1.54) is 14.2 Å². The molecule has 0 radical (unpaired) electrons. The molecule has 12 nitrogen and oxygen atoms in total. The van der Waals surface area contributed by atoms with Crippen molar-refractivity contribution in [3.63, 3.8) is 0 Å². The van der Waals surface area contributed by atoms with Gasteiger partial charge in [-0.1, -0.05) is 86.6 Å². The first-order valence-electron chi connectivity index (χ1n) is 17.9. The van der Waals surface area contributed by atoms with Crippen LogP contribution in [0.5, 0.6) is 0 Å². The van der Waals surface area contributed by atoms with Gasteiger partial charge in [0.15, 0.2) is 0 Å². The third-order valence-corrected chi connectivity index (χ3v) is 11.9. The summed E-state index contributed by atoms with van der Waals surface area (Å²) < 4.78 is 30.6. The molecule has 3 N–H and O–H groups in total. The van der Waals surface area contributed by atoms with E-state index < -0.39 is 49.2 Å². The Kier molecular flexibility index (Phi) is 12.1. The zero-order valence-corrected chi connectivity index (χ0v) is 31.6. The lowest BCUT2D eigenvalue weighted by Gasteiger charge is -2.33. The number of nitrogens with zero attached hydrogens (tertiary/aromatic N) is 1. The summed E-state index contributed by atoms with van der Waals surface area (Å²) in [7, 11) is -1.47. The van der Waals surface area contributed by atoms with Gasteiger partial charge in [0.05, 0.1) is 6.04 Å². The van der Waals surface area contributed by atoms with Crippen molar-refractivity contribution in [3.05, 3.63) is 119 Å². The molecular weight excluding hydrogens is 707 g/mol. The number of esters is 1. The molecule has 3 atom stereocenters. The number of carbonyl (C=O) groups excluding carboxylic acids is 4. The molecule has 1 aliphatic heterocycles. The van der Waals surface area contributed by atoms with Crippen molar-refractivity contribution in [3.8, 4) is 0 Å². The molecule has 2 heterocycles. The predicted octanol–water partition coefficient (Wildman–Crippen LogP) is 6.59. The fraction of sp³-hybridized carbons (Fsp3) is 0.317. The summed E-state index contributed by atoms with van der Waals surface area (Å²) in [5.74, 6) is -3.23. The molecule has 4 aromatic carbocycles. The average molecular weight is 753 g/mol. The Labute approximate surface area is 314 Å². The van der Waals surface area contributed by atoms with E-state index in [0.29, 0.717) is 16.5 Å². The molecule has 0 fully saturated rings. The minimum Gasteiger partial charge on any atom is -0.459 e. The fourth-order valence-electron chi connectivity index (χ4n) is 6.97. The van der Waals surface area contributed by atoms with Gasteiger partial charge >= 0.3 is 13.6 Å². The number of rotatable bonds is 17. The number of H-pyrrole nitrogens is 1. The summed E-state index contributed by atoms with van der Waals surface area (Å²) in [6, 6.07) is 25.5. The Morgan fingerprint density at radius 3 is 2.13 bits per heavy atom. The molecule has 0 aliphatic carbocycles. The van der Waals surface area contributed by atoms with Gasteiger partial charge in [0, 0.05) is 60.8 Å². The van der Waals surface area contributed by atoms with Gasteiger partial charge in [-0.25, -0.2) is 4.79 Å². The SMILES string of the molecule is COP(=O)(OC)C(CCN1C(=O)c2cccc3cccc(c23)C1=O)N[C@@H](CC(C)C)C(=O)N[C@@H](Cc1c[nH]c2ccccc12)C(=O)OCc1ccccc1. The third kappa shape index (κ3) is 8.32. The van der Waals surface area contributed by atoms with Gasteiger partial charge in [-0.2, -0.15) is 0 Å². The Morgan fingerprint density at radius 1 is 0.833 bits per heavy atom. The first kappa shape index (κ1) is 38.6. The van der Waals surface area contributed by atoms with E-state index >= 15 is 0 Å². The number of imide groups is 1. The Morgan fingerprint density at radius 2 is 1.48 bits per heavy atom. The van der Waals surface area contributed by atoms with Crippen LogP contribution in [-0.4, -0.2) is 72.2 Å². The predicted molar refractivity (Wildman–Crippen MR) is 206 cm³/mol. The summed E-state index contributed by atoms with van der Waals surface area (Å²) in [5, 5.41) is 8.40. The topological polar surface area (TPSA) is 156 Å². The van der Waals surface area contributed by atoms with E-state index in [2.05, 4.69) is 15.6 Å². The maximum absolute atomic E-state index is 14.3. The van der Waals surface area contributed by atoms with Crippen LogP contribution in [0, 0.1) is 5.92 Å². The van der Waals surface area contributed by atoms with Crippen molar-refractivity contribution >= 4 is 53.0 Å². The maximum atomic E-state index is 14.3. The highest BCUT2D eigenvalue weighted by molar-refractivity contribution is 7.54. The lowest BCUT2D eigenvalue weighted by molar-refractivity contribution is -0.149. The van der Waals surface area contributed by atoms with Crippen molar-refractivity contribution in [2.45, 2.75) is 57.6 Å². The minimum atomic E-state index is -3.95. The van der Waals surface area contributed by atoms with Crippen LogP contribution in [0.2, 0.25) is 0 Å². The number of nitrogens with one attached hydrogen (secondary N) is 3. The minimum absolute atomic E-state index is 0.0160. The van der Waals surface area contributed by atoms with Gasteiger partial charge in [-0.05, 0) is 53.5 Å². The summed E-state index contributed by atoms with van der Waals surface area (Å²) in [6.07, 6.45) is 2.17. The summed E-state index contributed by atoms with van der Waals surface area (Å²) in [5.41, 5.74) is 3.29. The monoisotopic (exact) mass is 752 g/mol. The van der Waals surface area contributed by atoms with Crippen molar-refractivity contribution in [2.75, 3.05) is 20.8 Å². The molecule has 13 heteroatoms. The van der Waals surface area contributed by atoms with E-state index in [0.717, 1.165) is 32.3 Å². The number of ether oxygens (including phenoxy) is 1. The number of benzene rings is 4. The number of fused-ring (bicyclic) bond motifs is 1. The molecule has 54 heavy (non-hydrogen) atoms. The highest BCUT2D eigenvalue weighted by Crippen LogP contribution is 2.52. The van der Waals surface area contributed by atoms with Crippen LogP contribution in [0.4, 0.5) is 0 Å². The molecule has 0 spiro atoms. The number of para-hydroxylation sites is 1. The van der Waals surface area contributed by atoms with E-state index in [4.69, 9.17) is 13.8 Å². The number of aromatic nitrogens is 1. The molecule has 0 saturated heterocycles. The van der Waals surface area contributed by atoms with Crippen LogP contribution in [0.25, 0.3) is 21.7 Å². The van der Waals surface area contributed by atoms with Crippen LogP contribution >= 0.6 is 7.60 Å². The highest BCUT2D eigenvalue weighted by atomic mass is 31.2. The third-order valence-electron chi connectivity index (χ3n) is 9.71. The van der Waals surface area contributed by atoms with Gasteiger partial charge in [0.2, 0.25) is 5.91 Å². The second kappa shape index (κ2) is 16.9. The average Bonchev–Trinajstić information content (AvgIpc) is 3.60. The van der Waals surface area contributed by atoms with Gasteiger partial charge < -0.3 is 24.1 Å².